The van der Waals surface area contributed by atoms with Crippen molar-refractivity contribution in [3.05, 3.63) is 29.8 Å². The highest BCUT2D eigenvalue weighted by atomic mass is 32.2. The Bertz CT molecular complexity index is 535. The van der Waals surface area contributed by atoms with Crippen LogP contribution in [0.25, 0.3) is 0 Å². The number of carbonyl (C=O) groups is 1. The van der Waals surface area contributed by atoms with Gasteiger partial charge in [-0.15, -0.1) is 0 Å². The average molecular weight is 338 g/mol. The maximum absolute atomic E-state index is 12.1. The lowest BCUT2D eigenvalue weighted by atomic mass is 10.2. The molecule has 1 amide bonds. The lowest BCUT2D eigenvalue weighted by Crippen LogP contribution is -2.32. The fourth-order valence-electron chi connectivity index (χ4n) is 1.95. The van der Waals surface area contributed by atoms with Crippen molar-refractivity contribution in [2.24, 2.45) is 4.99 Å². The van der Waals surface area contributed by atoms with E-state index in [0.717, 1.165) is 28.8 Å². The molecule has 1 aromatic carbocycles. The zero-order valence-electron chi connectivity index (χ0n) is 13.0. The summed E-state index contributed by atoms with van der Waals surface area (Å²) in [7, 11) is 0. The summed E-state index contributed by atoms with van der Waals surface area (Å²) in [6.07, 6.45) is 0.847. The molecule has 1 aliphatic rings. The van der Waals surface area contributed by atoms with Gasteiger partial charge in [0.15, 0.2) is 0 Å². The molecule has 0 aromatic heterocycles. The van der Waals surface area contributed by atoms with E-state index < -0.39 is 0 Å². The molecule has 1 aliphatic heterocycles. The summed E-state index contributed by atoms with van der Waals surface area (Å²) in [4.78, 5) is 16.7. The second-order valence-corrected chi connectivity index (χ2v) is 7.45. The molecule has 22 heavy (non-hydrogen) atoms. The van der Waals surface area contributed by atoms with Gasteiger partial charge in [-0.25, -0.2) is 4.99 Å². The summed E-state index contributed by atoms with van der Waals surface area (Å²) in [5, 5.41) is 2.81. The Balaban J connectivity index is 1.78. The minimum absolute atomic E-state index is 0.0589. The third-order valence-electron chi connectivity index (χ3n) is 3.17. The molecule has 1 aromatic rings. The molecule has 0 radical (unpaired) electrons. The molecule has 1 N–H and O–H groups in total. The number of ether oxygens (including phenoxy) is 1. The molecule has 0 bridgehead atoms. The van der Waals surface area contributed by atoms with E-state index in [4.69, 9.17) is 4.74 Å². The highest BCUT2D eigenvalue weighted by Gasteiger charge is 2.19. The molecule has 0 aliphatic carbocycles. The van der Waals surface area contributed by atoms with Crippen LogP contribution >= 0.6 is 23.5 Å². The van der Waals surface area contributed by atoms with Gasteiger partial charge >= 0.3 is 0 Å². The van der Waals surface area contributed by atoms with Gasteiger partial charge in [0.2, 0.25) is 5.91 Å². The fourth-order valence-corrected chi connectivity index (χ4v) is 4.16. The van der Waals surface area contributed by atoms with Crippen molar-refractivity contribution in [3.8, 4) is 0 Å². The molecule has 0 fully saturated rings. The second kappa shape index (κ2) is 9.22. The quantitative estimate of drug-likeness (QED) is 0.772. The molecule has 1 heterocycles. The Kier molecular flexibility index (Phi) is 7.29. The molecule has 120 valence electrons. The van der Waals surface area contributed by atoms with Crippen molar-refractivity contribution in [2.75, 3.05) is 19.8 Å². The summed E-state index contributed by atoms with van der Waals surface area (Å²) in [6, 6.07) is 8.15. The zero-order chi connectivity index (χ0) is 15.8. The Hall–Kier alpha value is -0.980. The number of carbonyl (C=O) groups excluding carboxylic acids is 1. The van der Waals surface area contributed by atoms with Crippen LogP contribution in [0.5, 0.6) is 0 Å². The summed E-state index contributed by atoms with van der Waals surface area (Å²) in [6.45, 7) is 5.96. The maximum atomic E-state index is 12.1. The van der Waals surface area contributed by atoms with Crippen LogP contribution in [-0.4, -0.2) is 35.3 Å². The number of amides is 1. The Morgan fingerprint density at radius 1 is 1.50 bits per heavy atom. The van der Waals surface area contributed by atoms with Crippen molar-refractivity contribution in [1.82, 2.24) is 5.32 Å². The molecule has 1 atom stereocenters. The van der Waals surface area contributed by atoms with Gasteiger partial charge in [0.05, 0.1) is 10.9 Å². The summed E-state index contributed by atoms with van der Waals surface area (Å²) in [5.41, 5.74) is 2.28. The van der Waals surface area contributed by atoms with Crippen LogP contribution in [0.15, 0.2) is 29.3 Å². The summed E-state index contributed by atoms with van der Waals surface area (Å²) < 4.78 is 6.22. The smallest absolute Gasteiger partial charge is 0.233 e. The number of nitrogens with one attached hydrogen (secondary N) is 1. The first kappa shape index (κ1) is 17.4. The second-order valence-electron chi connectivity index (χ2n) is 4.90. The number of benzene rings is 1. The third-order valence-corrected chi connectivity index (χ3v) is 5.47. The number of aliphatic imine (C=N–C) groups is 1. The van der Waals surface area contributed by atoms with Crippen LogP contribution in [-0.2, 0) is 15.3 Å². The molecular weight excluding hydrogens is 316 g/mol. The van der Waals surface area contributed by atoms with Gasteiger partial charge in [0, 0.05) is 25.5 Å². The van der Waals surface area contributed by atoms with Crippen LogP contribution < -0.4 is 5.32 Å². The topological polar surface area (TPSA) is 50.7 Å². The maximum Gasteiger partial charge on any atom is 0.233 e. The van der Waals surface area contributed by atoms with Gasteiger partial charge in [-0.05, 0) is 31.9 Å². The molecule has 6 heteroatoms. The first-order valence-corrected chi connectivity index (χ1v) is 9.38. The number of hydrogen-bond donors (Lipinski definition) is 1. The van der Waals surface area contributed by atoms with E-state index >= 15 is 0 Å². The van der Waals surface area contributed by atoms with Crippen molar-refractivity contribution < 1.29 is 9.53 Å². The lowest BCUT2D eigenvalue weighted by Gasteiger charge is -2.17. The van der Waals surface area contributed by atoms with Crippen molar-refractivity contribution in [3.63, 3.8) is 0 Å². The van der Waals surface area contributed by atoms with Gasteiger partial charge in [-0.2, -0.15) is 0 Å². The molecule has 2 rings (SSSR count). The van der Waals surface area contributed by atoms with Gasteiger partial charge in [0.25, 0.3) is 0 Å². The van der Waals surface area contributed by atoms with Crippen molar-refractivity contribution >= 4 is 39.5 Å². The average Bonchev–Trinajstić information content (AvgIpc) is 2.54. The molecule has 4 nitrogen and oxygen atoms in total. The van der Waals surface area contributed by atoms with Gasteiger partial charge in [-0.3, -0.25) is 4.79 Å². The predicted molar refractivity (Wildman–Crippen MR) is 96.0 cm³/mol. The number of fused-ring (bicyclic) bond motifs is 1. The number of thioether (sulfide) groups is 2. The minimum Gasteiger partial charge on any atom is -0.382 e. The number of nitrogens with zero attached hydrogens (tertiary/aromatic N) is 1. The van der Waals surface area contributed by atoms with E-state index in [1.807, 2.05) is 32.0 Å². The van der Waals surface area contributed by atoms with E-state index in [2.05, 4.69) is 16.4 Å². The van der Waals surface area contributed by atoms with Crippen molar-refractivity contribution in [1.29, 1.82) is 0 Å². The van der Waals surface area contributed by atoms with E-state index in [9.17, 15) is 4.79 Å². The lowest BCUT2D eigenvalue weighted by molar-refractivity contribution is -0.120. The molecule has 0 spiro atoms. The first-order valence-electron chi connectivity index (χ1n) is 7.52. The van der Waals surface area contributed by atoms with Crippen LogP contribution in [0.1, 0.15) is 25.8 Å². The van der Waals surface area contributed by atoms with Gasteiger partial charge in [0.1, 0.15) is 4.38 Å². The molecule has 0 saturated heterocycles. The summed E-state index contributed by atoms with van der Waals surface area (Å²) >= 11 is 3.23. The molecule has 1 unspecified atom stereocenters. The van der Waals surface area contributed by atoms with Crippen LogP contribution in [0.3, 0.4) is 0 Å². The SMILES string of the molecule is CCOCCCNC(=O)C(C)SC1=Nc2ccccc2CS1. The fraction of sp³-hybridized carbons (Fsp3) is 0.500. The Morgan fingerprint density at radius 2 is 2.32 bits per heavy atom. The van der Waals surface area contributed by atoms with E-state index in [1.165, 1.54) is 17.3 Å². The number of rotatable bonds is 7. The summed E-state index contributed by atoms with van der Waals surface area (Å²) in [5.74, 6) is 0.980. The van der Waals surface area contributed by atoms with E-state index in [0.29, 0.717) is 13.2 Å². The van der Waals surface area contributed by atoms with Crippen LogP contribution in [0.2, 0.25) is 0 Å². The molecular formula is C16H22N2O2S2. The minimum atomic E-state index is -0.136. The highest BCUT2D eigenvalue weighted by molar-refractivity contribution is 8.39. The largest absolute Gasteiger partial charge is 0.382 e. The normalized spacial score (nSPS) is 14.9. The standard InChI is InChI=1S/C16H22N2O2S2/c1-3-20-10-6-9-17-15(19)12(2)22-16-18-14-8-5-4-7-13(14)11-21-16/h4-5,7-8,12H,3,6,9-11H2,1-2H3,(H,17,19). The predicted octanol–water partition coefficient (Wildman–Crippen LogP) is 3.59. The third kappa shape index (κ3) is 5.34. The van der Waals surface area contributed by atoms with Gasteiger partial charge in [-0.1, -0.05) is 41.7 Å². The monoisotopic (exact) mass is 338 g/mol. The van der Waals surface area contributed by atoms with E-state index in [-0.39, 0.29) is 11.2 Å². The van der Waals surface area contributed by atoms with Crippen molar-refractivity contribution in [2.45, 2.75) is 31.3 Å². The molecule has 0 saturated carbocycles. The number of para-hydroxylation sites is 1. The zero-order valence-corrected chi connectivity index (χ0v) is 14.6. The Labute approximate surface area is 140 Å². The van der Waals surface area contributed by atoms with Crippen LogP contribution in [0, 0.1) is 0 Å². The highest BCUT2D eigenvalue weighted by Crippen LogP contribution is 2.35. The first-order chi connectivity index (χ1) is 10.7. The van der Waals surface area contributed by atoms with Crippen LogP contribution in [0.4, 0.5) is 5.69 Å². The van der Waals surface area contributed by atoms with Gasteiger partial charge < -0.3 is 10.1 Å². The van der Waals surface area contributed by atoms with E-state index in [1.54, 1.807) is 11.8 Å². The Morgan fingerprint density at radius 3 is 3.14 bits per heavy atom. The number of hydrogen-bond acceptors (Lipinski definition) is 5.